The third-order valence-electron chi connectivity index (χ3n) is 9.74. The van der Waals surface area contributed by atoms with Gasteiger partial charge in [0.15, 0.2) is 6.29 Å². The molecule has 0 aliphatic heterocycles. The summed E-state index contributed by atoms with van der Waals surface area (Å²) in [6.07, 6.45) is 43.1. The van der Waals surface area contributed by atoms with Crippen molar-refractivity contribution in [1.29, 1.82) is 0 Å². The minimum atomic E-state index is -0.131. The Kier molecular flexibility index (Phi) is 42.2. The van der Waals surface area contributed by atoms with Crippen molar-refractivity contribution in [1.82, 2.24) is 4.90 Å². The van der Waals surface area contributed by atoms with Crippen molar-refractivity contribution in [2.24, 2.45) is 0 Å². The topological polar surface area (TPSA) is 68.2 Å². The predicted octanol–water partition coefficient (Wildman–Crippen LogP) is 12.7. The molecule has 0 aromatic heterocycles. The fourth-order valence-electron chi connectivity index (χ4n) is 6.40. The minimum absolute atomic E-state index is 0.0240. The highest BCUT2D eigenvalue weighted by molar-refractivity contribution is 5.69. The fraction of sp³-hybridized carbons (Fsp3) is 0.889. The first-order valence-electron chi connectivity index (χ1n) is 22.2. The number of carbonyl (C=O) groups excluding carboxylic acids is 1. The summed E-state index contributed by atoms with van der Waals surface area (Å²) in [5.74, 6) is -0.0240. The van der Waals surface area contributed by atoms with Gasteiger partial charge in [-0.2, -0.15) is 0 Å². The van der Waals surface area contributed by atoms with Crippen LogP contribution in [0.15, 0.2) is 24.3 Å². The van der Waals surface area contributed by atoms with Crippen LogP contribution in [-0.4, -0.2) is 68.3 Å². The van der Waals surface area contributed by atoms with Gasteiger partial charge in [0.25, 0.3) is 0 Å². The molecular formula is C45H87NO5. The van der Waals surface area contributed by atoms with E-state index in [4.69, 9.17) is 14.2 Å². The van der Waals surface area contributed by atoms with Gasteiger partial charge in [0.05, 0.1) is 26.4 Å². The molecule has 0 saturated carbocycles. The van der Waals surface area contributed by atoms with Gasteiger partial charge in [0.2, 0.25) is 0 Å². The Morgan fingerprint density at radius 3 is 1.51 bits per heavy atom. The summed E-state index contributed by atoms with van der Waals surface area (Å²) in [6, 6.07) is 0. The van der Waals surface area contributed by atoms with Crippen LogP contribution in [0.4, 0.5) is 0 Å². The first kappa shape index (κ1) is 49.8. The van der Waals surface area contributed by atoms with Crippen molar-refractivity contribution in [2.75, 3.05) is 46.1 Å². The average molecular weight is 722 g/mol. The Bertz CT molecular complexity index is 716. The van der Waals surface area contributed by atoms with E-state index >= 15 is 0 Å². The lowest BCUT2D eigenvalue weighted by atomic mass is 10.1. The maximum absolute atomic E-state index is 12.0. The molecule has 51 heavy (non-hydrogen) atoms. The van der Waals surface area contributed by atoms with Crippen molar-refractivity contribution in [3.8, 4) is 0 Å². The number of carbonyl (C=O) groups is 1. The molecule has 1 N–H and O–H groups in total. The third-order valence-corrected chi connectivity index (χ3v) is 9.74. The predicted molar refractivity (Wildman–Crippen MR) is 219 cm³/mol. The van der Waals surface area contributed by atoms with E-state index in [9.17, 15) is 9.90 Å². The second kappa shape index (κ2) is 43.2. The number of esters is 1. The zero-order valence-corrected chi connectivity index (χ0v) is 34.4. The van der Waals surface area contributed by atoms with E-state index in [1.807, 2.05) is 0 Å². The van der Waals surface area contributed by atoms with E-state index in [1.165, 1.54) is 122 Å². The van der Waals surface area contributed by atoms with Crippen LogP contribution >= 0.6 is 0 Å². The number of allylic oxidation sites excluding steroid dienone is 2. The molecule has 0 aliphatic rings. The monoisotopic (exact) mass is 722 g/mol. The van der Waals surface area contributed by atoms with E-state index in [0.717, 1.165) is 77.4 Å². The Morgan fingerprint density at radius 1 is 0.529 bits per heavy atom. The summed E-state index contributed by atoms with van der Waals surface area (Å²) < 4.78 is 17.7. The maximum Gasteiger partial charge on any atom is 0.305 e. The second-order valence-corrected chi connectivity index (χ2v) is 14.7. The van der Waals surface area contributed by atoms with Crippen LogP contribution in [0.3, 0.4) is 0 Å². The first-order valence-corrected chi connectivity index (χ1v) is 22.2. The smallest absolute Gasteiger partial charge is 0.305 e. The first-order chi connectivity index (χ1) is 25.2. The van der Waals surface area contributed by atoms with Gasteiger partial charge >= 0.3 is 5.97 Å². The number of nitrogens with zero attached hydrogens (tertiary/aromatic N) is 1. The van der Waals surface area contributed by atoms with Crippen molar-refractivity contribution in [3.05, 3.63) is 24.3 Å². The molecule has 0 aromatic carbocycles. The van der Waals surface area contributed by atoms with Crippen molar-refractivity contribution in [3.63, 3.8) is 0 Å². The van der Waals surface area contributed by atoms with Crippen LogP contribution in [0.1, 0.15) is 207 Å². The molecule has 0 aromatic rings. The summed E-state index contributed by atoms with van der Waals surface area (Å²) in [5.41, 5.74) is 0. The molecular weight excluding hydrogens is 634 g/mol. The van der Waals surface area contributed by atoms with Crippen molar-refractivity contribution >= 4 is 5.97 Å². The van der Waals surface area contributed by atoms with Crippen LogP contribution < -0.4 is 0 Å². The van der Waals surface area contributed by atoms with E-state index in [1.54, 1.807) is 0 Å². The summed E-state index contributed by atoms with van der Waals surface area (Å²) in [4.78, 5) is 14.4. The molecule has 0 bridgehead atoms. The normalized spacial score (nSPS) is 12.0. The quantitative estimate of drug-likeness (QED) is 0.0293. The lowest BCUT2D eigenvalue weighted by molar-refractivity contribution is -0.143. The van der Waals surface area contributed by atoms with E-state index < -0.39 is 0 Å². The Labute approximate surface area is 317 Å². The summed E-state index contributed by atoms with van der Waals surface area (Å²) in [6.45, 7) is 11.7. The number of aliphatic hydroxyl groups is 1. The molecule has 0 spiro atoms. The van der Waals surface area contributed by atoms with Gasteiger partial charge in [-0.25, -0.2) is 0 Å². The van der Waals surface area contributed by atoms with Crippen LogP contribution in [0.5, 0.6) is 0 Å². The Hall–Kier alpha value is -1.21. The lowest BCUT2D eigenvalue weighted by Gasteiger charge is -2.21. The van der Waals surface area contributed by atoms with E-state index in [2.05, 4.69) is 50.0 Å². The lowest BCUT2D eigenvalue weighted by Crippen LogP contribution is -2.29. The molecule has 6 nitrogen and oxygen atoms in total. The standard InChI is InChI=1S/C45H87NO5/c1-4-7-10-13-16-25-32-41-49-44(48)35-28-21-19-23-30-37-46(39-40-47)38-31-24-20-22-29-36-45(50-42-33-26-17-14-11-8-5-2)51-43-34-27-18-15-12-9-6-3/h26-27,33-34,45,47H,4-25,28-32,35-43H2,1-3H3/b33-26-,34-27-. The highest BCUT2D eigenvalue weighted by Gasteiger charge is 2.09. The molecule has 6 heteroatoms. The zero-order valence-electron chi connectivity index (χ0n) is 34.4. The molecule has 0 aliphatic carbocycles. The van der Waals surface area contributed by atoms with Gasteiger partial charge in [-0.15, -0.1) is 0 Å². The summed E-state index contributed by atoms with van der Waals surface area (Å²) >= 11 is 0. The van der Waals surface area contributed by atoms with E-state index in [0.29, 0.717) is 26.2 Å². The average Bonchev–Trinajstić information content (AvgIpc) is 3.13. The Balaban J connectivity index is 4.05. The van der Waals surface area contributed by atoms with Crippen LogP contribution in [-0.2, 0) is 19.0 Å². The molecule has 0 amide bonds. The molecule has 0 unspecified atom stereocenters. The number of unbranched alkanes of at least 4 members (excludes halogenated alkanes) is 22. The molecule has 0 fully saturated rings. The number of hydrogen-bond donors (Lipinski definition) is 1. The number of hydrogen-bond acceptors (Lipinski definition) is 6. The van der Waals surface area contributed by atoms with Crippen LogP contribution in [0.25, 0.3) is 0 Å². The molecule has 0 rings (SSSR count). The van der Waals surface area contributed by atoms with Crippen molar-refractivity contribution in [2.45, 2.75) is 213 Å². The zero-order chi connectivity index (χ0) is 37.1. The fourth-order valence-corrected chi connectivity index (χ4v) is 6.40. The third kappa shape index (κ3) is 39.8. The molecule has 0 atom stereocenters. The summed E-state index contributed by atoms with van der Waals surface area (Å²) in [7, 11) is 0. The van der Waals surface area contributed by atoms with Crippen molar-refractivity contribution < 1.29 is 24.1 Å². The Morgan fingerprint density at radius 2 is 0.980 bits per heavy atom. The highest BCUT2D eigenvalue weighted by Crippen LogP contribution is 2.14. The van der Waals surface area contributed by atoms with Crippen LogP contribution in [0, 0.1) is 0 Å². The van der Waals surface area contributed by atoms with Crippen LogP contribution in [0.2, 0.25) is 0 Å². The number of rotatable bonds is 42. The van der Waals surface area contributed by atoms with Gasteiger partial charge in [0, 0.05) is 13.0 Å². The van der Waals surface area contributed by atoms with E-state index in [-0.39, 0.29) is 18.9 Å². The highest BCUT2D eigenvalue weighted by atomic mass is 16.7. The minimum Gasteiger partial charge on any atom is -0.466 e. The molecule has 0 saturated heterocycles. The van der Waals surface area contributed by atoms with Gasteiger partial charge in [-0.05, 0) is 77.3 Å². The van der Waals surface area contributed by atoms with Gasteiger partial charge < -0.3 is 24.2 Å². The summed E-state index contributed by atoms with van der Waals surface area (Å²) in [5, 5.41) is 9.57. The number of ether oxygens (including phenoxy) is 3. The number of aliphatic hydroxyl groups excluding tert-OH is 1. The van der Waals surface area contributed by atoms with Gasteiger partial charge in [0.1, 0.15) is 0 Å². The SMILES string of the molecule is CCCCCC/C=C\COC(CCCCCCCN(CCO)CCCCCCCC(=O)OCCCCCCCCC)OC/C=C\CCCCCC. The second-order valence-electron chi connectivity index (χ2n) is 14.7. The van der Waals surface area contributed by atoms with Gasteiger partial charge in [-0.1, -0.05) is 161 Å². The largest absolute Gasteiger partial charge is 0.466 e. The molecule has 302 valence electrons. The molecule has 0 radical (unpaired) electrons. The molecule has 0 heterocycles. The van der Waals surface area contributed by atoms with Gasteiger partial charge in [-0.3, -0.25) is 4.79 Å². The maximum atomic E-state index is 12.0.